The van der Waals surface area contributed by atoms with Gasteiger partial charge in [0.05, 0.1) is 0 Å². The van der Waals surface area contributed by atoms with E-state index in [0.717, 1.165) is 63.4 Å². The highest BCUT2D eigenvalue weighted by Gasteiger charge is 2.28. The predicted octanol–water partition coefficient (Wildman–Crippen LogP) is -0.962. The summed E-state index contributed by atoms with van der Waals surface area (Å²) >= 11 is 0. The molecule has 148 valence electrons. The summed E-state index contributed by atoms with van der Waals surface area (Å²) < 4.78 is 0. The number of benzene rings is 1. The number of carbonyl (C=O) groups is 2. The van der Waals surface area contributed by atoms with Gasteiger partial charge in [-0.25, -0.2) is 0 Å². The molecule has 0 saturated carbocycles. The van der Waals surface area contributed by atoms with Crippen LogP contribution in [0.4, 0.5) is 5.69 Å². The fourth-order valence-corrected chi connectivity index (χ4v) is 4.09. The minimum Gasteiger partial charge on any atom is -0.338 e. The van der Waals surface area contributed by atoms with Crippen molar-refractivity contribution >= 4 is 17.5 Å². The van der Waals surface area contributed by atoms with Gasteiger partial charge in [0, 0.05) is 18.8 Å². The first kappa shape index (κ1) is 19.8. The van der Waals surface area contributed by atoms with Gasteiger partial charge in [-0.1, -0.05) is 12.1 Å². The Labute approximate surface area is 162 Å². The van der Waals surface area contributed by atoms with Crippen LogP contribution >= 0.6 is 0 Å². The Morgan fingerprint density at radius 1 is 0.963 bits per heavy atom. The molecule has 6 heteroatoms. The Balaban J connectivity index is 1.40. The number of nitrogens with zero attached hydrogens (tertiary/aromatic N) is 1. The van der Waals surface area contributed by atoms with E-state index in [9.17, 15) is 9.59 Å². The molecule has 3 N–H and O–H groups in total. The van der Waals surface area contributed by atoms with Crippen LogP contribution < -0.4 is 15.1 Å². The average Bonchev–Trinajstić information content (AvgIpc) is 2.67. The molecule has 0 aromatic heterocycles. The quantitative estimate of drug-likeness (QED) is 0.622. The maximum absolute atomic E-state index is 12.4. The highest BCUT2D eigenvalue weighted by Crippen LogP contribution is 2.17. The Morgan fingerprint density at radius 2 is 1.59 bits per heavy atom. The summed E-state index contributed by atoms with van der Waals surface area (Å²) in [5.41, 5.74) is 3.23. The lowest BCUT2D eigenvalue weighted by atomic mass is 10.1. The van der Waals surface area contributed by atoms with Gasteiger partial charge in [0.15, 0.2) is 13.1 Å². The van der Waals surface area contributed by atoms with Crippen molar-refractivity contribution in [3.05, 3.63) is 29.3 Å². The number of likely N-dealkylation sites (tertiary alicyclic amines) is 1. The smallest absolute Gasteiger partial charge is 0.279 e. The van der Waals surface area contributed by atoms with Crippen LogP contribution in [0.5, 0.6) is 0 Å². The van der Waals surface area contributed by atoms with E-state index in [4.69, 9.17) is 0 Å². The van der Waals surface area contributed by atoms with E-state index in [1.54, 1.807) is 0 Å². The predicted molar refractivity (Wildman–Crippen MR) is 106 cm³/mol. The number of hydrogen-bond acceptors (Lipinski definition) is 2. The van der Waals surface area contributed by atoms with Gasteiger partial charge < -0.3 is 20.0 Å². The minimum atomic E-state index is 0.0755. The van der Waals surface area contributed by atoms with Gasteiger partial charge in [-0.2, -0.15) is 0 Å². The lowest BCUT2D eigenvalue weighted by Crippen LogP contribution is -3.28. The van der Waals surface area contributed by atoms with Crippen LogP contribution in [0.1, 0.15) is 30.4 Å². The van der Waals surface area contributed by atoms with E-state index in [1.807, 2.05) is 24.0 Å². The monoisotopic (exact) mass is 374 g/mol. The van der Waals surface area contributed by atoms with E-state index < -0.39 is 0 Å². The molecule has 0 aliphatic carbocycles. The molecule has 2 saturated heterocycles. The second-order valence-electron chi connectivity index (χ2n) is 8.09. The van der Waals surface area contributed by atoms with Crippen molar-refractivity contribution in [1.29, 1.82) is 0 Å². The third-order valence-corrected chi connectivity index (χ3v) is 6.06. The summed E-state index contributed by atoms with van der Waals surface area (Å²) in [5.74, 6) is 0.382. The van der Waals surface area contributed by atoms with Crippen LogP contribution in [0, 0.1) is 13.8 Å². The molecule has 0 radical (unpaired) electrons. The molecule has 0 spiro atoms. The molecule has 3 rings (SSSR count). The summed E-state index contributed by atoms with van der Waals surface area (Å²) in [7, 11) is 0. The number of piperidine rings is 1. The Bertz CT molecular complexity index is 662. The molecule has 2 heterocycles. The van der Waals surface area contributed by atoms with Crippen molar-refractivity contribution in [2.75, 3.05) is 57.7 Å². The molecule has 6 nitrogen and oxygen atoms in total. The zero-order valence-corrected chi connectivity index (χ0v) is 16.8. The fourth-order valence-electron chi connectivity index (χ4n) is 4.09. The van der Waals surface area contributed by atoms with Crippen LogP contribution in [-0.2, 0) is 9.59 Å². The van der Waals surface area contributed by atoms with Crippen molar-refractivity contribution in [2.45, 2.75) is 33.1 Å². The van der Waals surface area contributed by atoms with Gasteiger partial charge in [-0.3, -0.25) is 9.59 Å². The van der Waals surface area contributed by atoms with E-state index in [-0.39, 0.29) is 5.91 Å². The zero-order chi connectivity index (χ0) is 19.2. The van der Waals surface area contributed by atoms with Gasteiger partial charge in [-0.05, 0) is 50.3 Å². The van der Waals surface area contributed by atoms with Crippen molar-refractivity contribution in [3.8, 4) is 0 Å². The number of nitrogens with one attached hydrogen (secondary N) is 3. The molecule has 2 amide bonds. The van der Waals surface area contributed by atoms with E-state index in [1.165, 1.54) is 21.8 Å². The van der Waals surface area contributed by atoms with Crippen LogP contribution in [-0.4, -0.2) is 69.1 Å². The molecule has 2 aliphatic rings. The molecule has 1 aromatic carbocycles. The van der Waals surface area contributed by atoms with Crippen LogP contribution in [0.15, 0.2) is 18.2 Å². The minimum absolute atomic E-state index is 0.0755. The van der Waals surface area contributed by atoms with Crippen molar-refractivity contribution < 1.29 is 19.4 Å². The highest BCUT2D eigenvalue weighted by atomic mass is 16.2. The van der Waals surface area contributed by atoms with Gasteiger partial charge in [0.25, 0.3) is 11.8 Å². The molecule has 2 aliphatic heterocycles. The van der Waals surface area contributed by atoms with Crippen molar-refractivity contribution in [1.82, 2.24) is 4.90 Å². The second-order valence-corrected chi connectivity index (χ2v) is 8.09. The molecular formula is C21H34N4O2+2. The zero-order valence-electron chi connectivity index (χ0n) is 16.8. The summed E-state index contributed by atoms with van der Waals surface area (Å²) in [5, 5.41) is 3.06. The van der Waals surface area contributed by atoms with Crippen LogP contribution in [0.3, 0.4) is 0 Å². The highest BCUT2D eigenvalue weighted by molar-refractivity contribution is 5.92. The third-order valence-electron chi connectivity index (χ3n) is 6.06. The van der Waals surface area contributed by atoms with E-state index in [2.05, 4.69) is 18.3 Å². The molecule has 0 bridgehead atoms. The summed E-state index contributed by atoms with van der Waals surface area (Å²) in [6.45, 7) is 10.9. The number of amides is 2. The molecule has 0 unspecified atom stereocenters. The maximum atomic E-state index is 12.4. The standard InChI is InChI=1S/C21H32N4O2/c1-17-7-6-8-19(18(17)2)22-20(26)15-23-11-13-24(14-12-23)16-21(27)25-9-4-3-5-10-25/h6-8H,3-5,9-16H2,1-2H3,(H,22,26)/p+2. The van der Waals surface area contributed by atoms with Crippen LogP contribution in [0.2, 0.25) is 0 Å². The summed E-state index contributed by atoms with van der Waals surface area (Å²) in [4.78, 5) is 29.5. The van der Waals surface area contributed by atoms with Crippen molar-refractivity contribution in [3.63, 3.8) is 0 Å². The molecule has 0 atom stereocenters. The first-order chi connectivity index (χ1) is 13.0. The van der Waals surface area contributed by atoms with Gasteiger partial charge in [0.1, 0.15) is 26.2 Å². The lowest BCUT2D eigenvalue weighted by Gasteiger charge is -2.32. The Morgan fingerprint density at radius 3 is 2.26 bits per heavy atom. The van der Waals surface area contributed by atoms with Gasteiger partial charge in [0.2, 0.25) is 0 Å². The first-order valence-electron chi connectivity index (χ1n) is 10.3. The van der Waals surface area contributed by atoms with Crippen LogP contribution in [0.25, 0.3) is 0 Å². The lowest BCUT2D eigenvalue weighted by molar-refractivity contribution is -1.00. The van der Waals surface area contributed by atoms with Crippen molar-refractivity contribution in [2.24, 2.45) is 0 Å². The third kappa shape index (κ3) is 5.53. The molecular weight excluding hydrogens is 340 g/mol. The van der Waals surface area contributed by atoms with E-state index >= 15 is 0 Å². The largest absolute Gasteiger partial charge is 0.338 e. The first-order valence-corrected chi connectivity index (χ1v) is 10.3. The average molecular weight is 375 g/mol. The SMILES string of the molecule is Cc1cccc(NC(=O)C[NH+]2CC[NH+](CC(=O)N3CCCCC3)CC2)c1C. The van der Waals surface area contributed by atoms with Gasteiger partial charge in [-0.15, -0.1) is 0 Å². The number of piperazine rings is 1. The number of rotatable bonds is 5. The topological polar surface area (TPSA) is 58.3 Å². The number of carbonyl (C=O) groups excluding carboxylic acids is 2. The van der Waals surface area contributed by atoms with Gasteiger partial charge >= 0.3 is 0 Å². The number of aryl methyl sites for hydroxylation is 1. The Kier molecular flexibility index (Phi) is 6.85. The number of anilines is 1. The maximum Gasteiger partial charge on any atom is 0.279 e. The Hall–Kier alpha value is -1.92. The molecule has 2 fully saturated rings. The molecule has 27 heavy (non-hydrogen) atoms. The van der Waals surface area contributed by atoms with E-state index in [0.29, 0.717) is 19.0 Å². The normalized spacial score (nSPS) is 23.1. The summed E-state index contributed by atoms with van der Waals surface area (Å²) in [6, 6.07) is 6.00. The second kappa shape index (κ2) is 9.33. The fraction of sp³-hybridized carbons (Fsp3) is 0.619. The molecule has 1 aromatic rings. The number of quaternary nitrogens is 2. The summed E-state index contributed by atoms with van der Waals surface area (Å²) in [6.07, 6.45) is 3.55. The number of hydrogen-bond donors (Lipinski definition) is 3.